The minimum absolute atomic E-state index is 0.133. The quantitative estimate of drug-likeness (QED) is 0.661. The van der Waals surface area contributed by atoms with Gasteiger partial charge in [0.25, 0.3) is 10.0 Å². The molecule has 0 spiro atoms. The molecule has 0 saturated carbocycles. The van der Waals surface area contributed by atoms with Crippen molar-refractivity contribution in [3.05, 3.63) is 83.8 Å². The van der Waals surface area contributed by atoms with Crippen molar-refractivity contribution in [2.75, 3.05) is 10.8 Å². The maximum absolute atomic E-state index is 13.3. The molecule has 2 aromatic carbocycles. The van der Waals surface area contributed by atoms with Gasteiger partial charge in [0.2, 0.25) is 5.91 Å². The van der Waals surface area contributed by atoms with E-state index < -0.39 is 15.9 Å². The maximum Gasteiger partial charge on any atom is 0.264 e. The highest BCUT2D eigenvalue weighted by Gasteiger charge is 2.28. The van der Waals surface area contributed by atoms with Crippen molar-refractivity contribution >= 4 is 21.6 Å². The number of sulfonamides is 1. The molecule has 0 aliphatic heterocycles. The van der Waals surface area contributed by atoms with Gasteiger partial charge in [-0.2, -0.15) is 0 Å². The van der Waals surface area contributed by atoms with Gasteiger partial charge in [-0.3, -0.25) is 9.10 Å². The van der Waals surface area contributed by atoms with Crippen LogP contribution in [0.4, 0.5) is 5.69 Å². The van der Waals surface area contributed by atoms with Gasteiger partial charge < -0.3 is 9.73 Å². The second-order valence-electron chi connectivity index (χ2n) is 6.47. The number of aryl methyl sites for hydroxylation is 2. The van der Waals surface area contributed by atoms with E-state index in [0.29, 0.717) is 11.4 Å². The van der Waals surface area contributed by atoms with E-state index in [1.54, 1.807) is 36.4 Å². The second kappa shape index (κ2) is 8.31. The number of carbonyl (C=O) groups excluding carboxylic acids is 1. The molecular formula is C21H22N2O4S. The molecule has 1 aromatic heterocycles. The van der Waals surface area contributed by atoms with Crippen LogP contribution in [0, 0.1) is 13.8 Å². The number of carbonyl (C=O) groups is 1. The zero-order chi connectivity index (χ0) is 20.1. The molecule has 28 heavy (non-hydrogen) atoms. The smallest absolute Gasteiger partial charge is 0.264 e. The number of nitrogens with zero attached hydrogens (tertiary/aromatic N) is 1. The molecule has 0 radical (unpaired) electrons. The number of furan rings is 1. The van der Waals surface area contributed by atoms with Gasteiger partial charge in [-0.05, 0) is 49.7 Å². The first-order valence-corrected chi connectivity index (χ1v) is 10.3. The van der Waals surface area contributed by atoms with E-state index >= 15 is 0 Å². The predicted octanol–water partition coefficient (Wildman–Crippen LogP) is 3.41. The summed E-state index contributed by atoms with van der Waals surface area (Å²) < 4.78 is 32.9. The van der Waals surface area contributed by atoms with Gasteiger partial charge in [-0.25, -0.2) is 8.42 Å². The Hall–Kier alpha value is -3.06. The van der Waals surface area contributed by atoms with Crippen molar-refractivity contribution in [3.63, 3.8) is 0 Å². The molecule has 0 aliphatic carbocycles. The third kappa shape index (κ3) is 4.43. The van der Waals surface area contributed by atoms with Crippen LogP contribution in [-0.4, -0.2) is 20.9 Å². The summed E-state index contributed by atoms with van der Waals surface area (Å²) in [6.45, 7) is 3.62. The monoisotopic (exact) mass is 398 g/mol. The summed E-state index contributed by atoms with van der Waals surface area (Å²) in [5.74, 6) is 0.174. The lowest BCUT2D eigenvalue weighted by Gasteiger charge is -2.25. The summed E-state index contributed by atoms with van der Waals surface area (Å²) >= 11 is 0. The van der Waals surface area contributed by atoms with Crippen molar-refractivity contribution in [2.24, 2.45) is 0 Å². The normalized spacial score (nSPS) is 11.2. The first kappa shape index (κ1) is 19.7. The number of hydrogen-bond donors (Lipinski definition) is 1. The first-order chi connectivity index (χ1) is 13.4. The highest BCUT2D eigenvalue weighted by atomic mass is 32.2. The van der Waals surface area contributed by atoms with Gasteiger partial charge in [0.15, 0.2) is 0 Å². The molecule has 3 rings (SSSR count). The van der Waals surface area contributed by atoms with Gasteiger partial charge >= 0.3 is 0 Å². The molecule has 1 amide bonds. The molecule has 0 atom stereocenters. The van der Waals surface area contributed by atoms with Gasteiger partial charge in [0.05, 0.1) is 23.4 Å². The third-order valence-corrected chi connectivity index (χ3v) is 6.05. The fraction of sp³-hybridized carbons (Fsp3) is 0.190. The molecule has 7 heteroatoms. The number of amides is 1. The van der Waals surface area contributed by atoms with Crippen LogP contribution in [0.1, 0.15) is 16.9 Å². The molecule has 1 N–H and O–H groups in total. The zero-order valence-corrected chi connectivity index (χ0v) is 16.6. The summed E-state index contributed by atoms with van der Waals surface area (Å²) in [6, 6.07) is 17.0. The number of rotatable bonds is 7. The fourth-order valence-electron chi connectivity index (χ4n) is 2.89. The first-order valence-electron chi connectivity index (χ1n) is 8.82. The largest absolute Gasteiger partial charge is 0.467 e. The van der Waals surface area contributed by atoms with Crippen LogP contribution in [0.25, 0.3) is 0 Å². The Balaban J connectivity index is 1.91. The minimum Gasteiger partial charge on any atom is -0.467 e. The molecule has 0 aliphatic rings. The van der Waals surface area contributed by atoms with Gasteiger partial charge in [-0.1, -0.05) is 35.9 Å². The third-order valence-electron chi connectivity index (χ3n) is 4.28. The van der Waals surface area contributed by atoms with Crippen LogP contribution in [0.15, 0.2) is 76.2 Å². The van der Waals surface area contributed by atoms with Crippen LogP contribution >= 0.6 is 0 Å². The summed E-state index contributed by atoms with van der Waals surface area (Å²) in [7, 11) is -3.91. The summed E-state index contributed by atoms with van der Waals surface area (Å²) in [6.07, 6.45) is 1.52. The van der Waals surface area contributed by atoms with E-state index in [2.05, 4.69) is 5.32 Å². The zero-order valence-electron chi connectivity index (χ0n) is 15.8. The molecular weight excluding hydrogens is 376 g/mol. The molecule has 3 aromatic rings. The molecule has 0 fully saturated rings. The van der Waals surface area contributed by atoms with Gasteiger partial charge in [-0.15, -0.1) is 0 Å². The summed E-state index contributed by atoms with van der Waals surface area (Å²) in [4.78, 5) is 12.7. The average molecular weight is 398 g/mol. The minimum atomic E-state index is -3.91. The Bertz CT molecular complexity index is 1050. The van der Waals surface area contributed by atoms with Crippen LogP contribution in [0.3, 0.4) is 0 Å². The van der Waals surface area contributed by atoms with E-state index in [9.17, 15) is 13.2 Å². The Morgan fingerprint density at radius 2 is 1.79 bits per heavy atom. The molecule has 146 valence electrons. The molecule has 0 saturated heterocycles. The van der Waals surface area contributed by atoms with Crippen LogP contribution in [0.5, 0.6) is 0 Å². The molecule has 0 bridgehead atoms. The number of hydrogen-bond acceptors (Lipinski definition) is 4. The Morgan fingerprint density at radius 3 is 2.43 bits per heavy atom. The van der Waals surface area contributed by atoms with E-state index in [1.165, 1.54) is 18.4 Å². The lowest BCUT2D eigenvalue weighted by Crippen LogP contribution is -2.41. The lowest BCUT2D eigenvalue weighted by molar-refractivity contribution is -0.119. The van der Waals surface area contributed by atoms with Crippen LogP contribution in [-0.2, 0) is 21.4 Å². The van der Waals surface area contributed by atoms with E-state index in [-0.39, 0.29) is 18.0 Å². The van der Waals surface area contributed by atoms with Crippen molar-refractivity contribution in [1.29, 1.82) is 0 Å². The fourth-order valence-corrected chi connectivity index (χ4v) is 4.40. The number of benzene rings is 2. The lowest BCUT2D eigenvalue weighted by atomic mass is 10.1. The molecule has 6 nitrogen and oxygen atoms in total. The number of anilines is 1. The predicted molar refractivity (Wildman–Crippen MR) is 107 cm³/mol. The van der Waals surface area contributed by atoms with E-state index in [1.807, 2.05) is 26.0 Å². The van der Waals surface area contributed by atoms with Gasteiger partial charge in [0, 0.05) is 0 Å². The highest BCUT2D eigenvalue weighted by molar-refractivity contribution is 7.92. The SMILES string of the molecule is Cc1ccc(N(CC(=O)NCc2ccco2)S(=O)(=O)c2ccccc2)c(C)c1. The van der Waals surface area contributed by atoms with Crippen LogP contribution < -0.4 is 9.62 Å². The van der Waals surface area contributed by atoms with Gasteiger partial charge in [0.1, 0.15) is 12.3 Å². The Morgan fingerprint density at radius 1 is 1.04 bits per heavy atom. The standard InChI is InChI=1S/C21H22N2O4S/c1-16-10-11-20(17(2)13-16)23(28(25,26)19-8-4-3-5-9-19)15-21(24)22-14-18-7-6-12-27-18/h3-13H,14-15H2,1-2H3,(H,22,24). The summed E-state index contributed by atoms with van der Waals surface area (Å²) in [5.41, 5.74) is 2.27. The Labute approximate surface area is 164 Å². The maximum atomic E-state index is 13.3. The molecule has 1 heterocycles. The average Bonchev–Trinajstić information content (AvgIpc) is 3.19. The van der Waals surface area contributed by atoms with Crippen molar-refractivity contribution < 1.29 is 17.6 Å². The van der Waals surface area contributed by atoms with Crippen LogP contribution in [0.2, 0.25) is 0 Å². The summed E-state index contributed by atoms with van der Waals surface area (Å²) in [5, 5.41) is 2.70. The van der Waals surface area contributed by atoms with Crippen molar-refractivity contribution in [2.45, 2.75) is 25.3 Å². The van der Waals surface area contributed by atoms with E-state index in [0.717, 1.165) is 15.4 Å². The van der Waals surface area contributed by atoms with Crippen molar-refractivity contribution in [3.8, 4) is 0 Å². The highest BCUT2D eigenvalue weighted by Crippen LogP contribution is 2.27. The molecule has 0 unspecified atom stereocenters. The Kier molecular flexibility index (Phi) is 5.84. The number of nitrogens with one attached hydrogen (secondary N) is 1. The topological polar surface area (TPSA) is 79.6 Å². The second-order valence-corrected chi connectivity index (χ2v) is 8.33. The van der Waals surface area contributed by atoms with E-state index in [4.69, 9.17) is 4.42 Å². The van der Waals surface area contributed by atoms with Crippen molar-refractivity contribution in [1.82, 2.24) is 5.32 Å².